The van der Waals surface area contributed by atoms with Gasteiger partial charge in [0.1, 0.15) is 5.82 Å². The second-order valence-electron chi connectivity index (χ2n) is 6.71. The molecule has 2 aliphatic heterocycles. The van der Waals surface area contributed by atoms with E-state index in [-0.39, 0.29) is 11.8 Å². The Morgan fingerprint density at radius 2 is 2.13 bits per heavy atom. The third-order valence-electron chi connectivity index (χ3n) is 5.06. The maximum atomic E-state index is 12.7. The van der Waals surface area contributed by atoms with Crippen molar-refractivity contribution in [2.45, 2.75) is 38.6 Å². The summed E-state index contributed by atoms with van der Waals surface area (Å²) in [5.41, 5.74) is 0. The van der Waals surface area contributed by atoms with Crippen LogP contribution in [-0.2, 0) is 4.79 Å². The van der Waals surface area contributed by atoms with Crippen molar-refractivity contribution >= 4 is 11.7 Å². The second-order valence-corrected chi connectivity index (χ2v) is 6.71. The molecule has 0 saturated carbocycles. The number of nitrogens with one attached hydrogen (secondary N) is 1. The van der Waals surface area contributed by atoms with Crippen molar-refractivity contribution in [1.82, 2.24) is 15.2 Å². The zero-order valence-corrected chi connectivity index (χ0v) is 14.1. The monoisotopic (exact) mass is 316 g/mol. The average molecular weight is 316 g/mol. The second kappa shape index (κ2) is 7.77. The average Bonchev–Trinajstić information content (AvgIpc) is 2.63. The van der Waals surface area contributed by atoms with E-state index in [9.17, 15) is 4.79 Å². The van der Waals surface area contributed by atoms with Gasteiger partial charge in [0.2, 0.25) is 5.91 Å². The van der Waals surface area contributed by atoms with Crippen LogP contribution in [0.15, 0.2) is 24.4 Å². The van der Waals surface area contributed by atoms with Gasteiger partial charge in [-0.2, -0.15) is 0 Å². The number of carbonyl (C=O) groups is 1. The number of piperidine rings is 2. The van der Waals surface area contributed by atoms with Crippen LogP contribution in [0.4, 0.5) is 5.82 Å². The van der Waals surface area contributed by atoms with E-state index in [0.29, 0.717) is 6.04 Å². The maximum absolute atomic E-state index is 12.7. The first kappa shape index (κ1) is 16.2. The Morgan fingerprint density at radius 3 is 2.91 bits per heavy atom. The zero-order valence-electron chi connectivity index (χ0n) is 14.1. The Balaban J connectivity index is 1.55. The number of nitrogens with zero attached hydrogens (tertiary/aromatic N) is 3. The van der Waals surface area contributed by atoms with Crippen LogP contribution in [0, 0.1) is 5.92 Å². The predicted molar refractivity (Wildman–Crippen MR) is 92.5 cm³/mol. The van der Waals surface area contributed by atoms with Crippen LogP contribution in [0.25, 0.3) is 0 Å². The molecule has 0 radical (unpaired) electrons. The number of hydrogen-bond donors (Lipinski definition) is 1. The molecule has 3 heterocycles. The Hall–Kier alpha value is -1.62. The molecule has 1 N–H and O–H groups in total. The van der Waals surface area contributed by atoms with Crippen molar-refractivity contribution in [3.63, 3.8) is 0 Å². The summed E-state index contributed by atoms with van der Waals surface area (Å²) in [6.45, 7) is 7.21. The zero-order chi connectivity index (χ0) is 16.1. The molecule has 1 aromatic rings. The van der Waals surface area contributed by atoms with E-state index in [1.807, 2.05) is 24.4 Å². The molecule has 2 unspecified atom stereocenters. The first-order chi connectivity index (χ1) is 11.3. The number of amides is 1. The summed E-state index contributed by atoms with van der Waals surface area (Å²) in [4.78, 5) is 21.8. The number of carbonyl (C=O) groups excluding carboxylic acids is 1. The van der Waals surface area contributed by atoms with Crippen molar-refractivity contribution in [2.75, 3.05) is 37.6 Å². The van der Waals surface area contributed by atoms with Crippen LogP contribution in [0.2, 0.25) is 0 Å². The van der Waals surface area contributed by atoms with E-state index in [4.69, 9.17) is 0 Å². The smallest absolute Gasteiger partial charge is 0.225 e. The van der Waals surface area contributed by atoms with Crippen LogP contribution in [0.1, 0.15) is 32.6 Å². The molecule has 126 valence electrons. The molecule has 1 aromatic heterocycles. The summed E-state index contributed by atoms with van der Waals surface area (Å²) in [6, 6.07) is 6.29. The van der Waals surface area contributed by atoms with Crippen molar-refractivity contribution in [3.05, 3.63) is 24.4 Å². The Labute approximate surface area is 139 Å². The van der Waals surface area contributed by atoms with E-state index >= 15 is 0 Å². The van der Waals surface area contributed by atoms with Crippen LogP contribution in [0.5, 0.6) is 0 Å². The highest BCUT2D eigenvalue weighted by Gasteiger charge is 2.29. The molecule has 5 heteroatoms. The number of rotatable bonds is 4. The van der Waals surface area contributed by atoms with Gasteiger partial charge in [-0.1, -0.05) is 13.0 Å². The van der Waals surface area contributed by atoms with E-state index in [0.717, 1.165) is 51.3 Å². The van der Waals surface area contributed by atoms with Gasteiger partial charge in [0.15, 0.2) is 0 Å². The molecule has 2 fully saturated rings. The molecule has 0 aromatic carbocycles. The van der Waals surface area contributed by atoms with E-state index in [1.54, 1.807) is 0 Å². The van der Waals surface area contributed by atoms with Gasteiger partial charge in [-0.05, 0) is 50.9 Å². The highest BCUT2D eigenvalue weighted by Crippen LogP contribution is 2.22. The SMILES string of the molecule is CCN1CCCC(NC(=O)C2CCCN(c3ccccn3)C2)C1. The molecule has 5 nitrogen and oxygen atoms in total. The fourth-order valence-corrected chi connectivity index (χ4v) is 3.72. The minimum Gasteiger partial charge on any atom is -0.356 e. The predicted octanol–water partition coefficient (Wildman–Crippen LogP) is 1.90. The lowest BCUT2D eigenvalue weighted by Crippen LogP contribution is -2.51. The van der Waals surface area contributed by atoms with Gasteiger partial charge in [0, 0.05) is 31.9 Å². The van der Waals surface area contributed by atoms with E-state index in [2.05, 4.69) is 27.0 Å². The molecule has 23 heavy (non-hydrogen) atoms. The number of hydrogen-bond acceptors (Lipinski definition) is 4. The normalized spacial score (nSPS) is 26.0. The highest BCUT2D eigenvalue weighted by molar-refractivity contribution is 5.79. The summed E-state index contributed by atoms with van der Waals surface area (Å²) < 4.78 is 0. The lowest BCUT2D eigenvalue weighted by atomic mass is 9.96. The van der Waals surface area contributed by atoms with Gasteiger partial charge in [-0.25, -0.2) is 4.98 Å². The molecule has 0 aliphatic carbocycles. The van der Waals surface area contributed by atoms with Crippen LogP contribution in [0.3, 0.4) is 0 Å². The van der Waals surface area contributed by atoms with E-state index < -0.39 is 0 Å². The molecular weight excluding hydrogens is 288 g/mol. The first-order valence-electron chi connectivity index (χ1n) is 8.95. The van der Waals surface area contributed by atoms with Crippen molar-refractivity contribution in [2.24, 2.45) is 5.92 Å². The minimum absolute atomic E-state index is 0.0859. The van der Waals surface area contributed by atoms with Gasteiger partial charge >= 0.3 is 0 Å². The van der Waals surface area contributed by atoms with Gasteiger partial charge in [-0.15, -0.1) is 0 Å². The first-order valence-corrected chi connectivity index (χ1v) is 8.95. The molecule has 2 atom stereocenters. The fraction of sp³-hybridized carbons (Fsp3) is 0.667. The lowest BCUT2D eigenvalue weighted by Gasteiger charge is -2.36. The van der Waals surface area contributed by atoms with Crippen molar-refractivity contribution < 1.29 is 4.79 Å². The lowest BCUT2D eigenvalue weighted by molar-refractivity contribution is -0.126. The molecule has 0 spiro atoms. The largest absolute Gasteiger partial charge is 0.356 e. The van der Waals surface area contributed by atoms with Crippen LogP contribution in [-0.4, -0.2) is 54.6 Å². The maximum Gasteiger partial charge on any atom is 0.225 e. The summed E-state index contributed by atoms with van der Waals surface area (Å²) >= 11 is 0. The fourth-order valence-electron chi connectivity index (χ4n) is 3.72. The van der Waals surface area contributed by atoms with Gasteiger partial charge in [0.05, 0.1) is 5.92 Å². The third kappa shape index (κ3) is 4.22. The van der Waals surface area contributed by atoms with Crippen LogP contribution < -0.4 is 10.2 Å². The Kier molecular flexibility index (Phi) is 5.49. The number of likely N-dealkylation sites (tertiary alicyclic amines) is 1. The summed E-state index contributed by atoms with van der Waals surface area (Å²) in [6.07, 6.45) is 6.16. The standard InChI is InChI=1S/C18H28N4O/c1-2-21-11-6-8-16(14-21)20-18(23)15-7-5-12-22(13-15)17-9-3-4-10-19-17/h3-4,9-10,15-16H,2,5-8,11-14H2,1H3,(H,20,23). The van der Waals surface area contributed by atoms with Crippen molar-refractivity contribution in [3.8, 4) is 0 Å². The summed E-state index contributed by atoms with van der Waals surface area (Å²) in [7, 11) is 0. The summed E-state index contributed by atoms with van der Waals surface area (Å²) in [5, 5.41) is 3.30. The van der Waals surface area contributed by atoms with Gasteiger partial charge in [-0.3, -0.25) is 4.79 Å². The topological polar surface area (TPSA) is 48.5 Å². The Morgan fingerprint density at radius 1 is 1.26 bits per heavy atom. The van der Waals surface area contributed by atoms with Gasteiger partial charge in [0.25, 0.3) is 0 Å². The quantitative estimate of drug-likeness (QED) is 0.922. The summed E-state index contributed by atoms with van der Waals surface area (Å²) in [5.74, 6) is 1.30. The molecule has 0 bridgehead atoms. The Bertz CT molecular complexity index is 507. The number of likely N-dealkylation sites (N-methyl/N-ethyl adjacent to an activating group) is 1. The number of aromatic nitrogens is 1. The number of pyridine rings is 1. The van der Waals surface area contributed by atoms with Gasteiger partial charge < -0.3 is 15.1 Å². The molecular formula is C18H28N4O. The number of anilines is 1. The molecule has 2 aliphatic rings. The van der Waals surface area contributed by atoms with E-state index in [1.165, 1.54) is 13.0 Å². The van der Waals surface area contributed by atoms with Crippen molar-refractivity contribution in [1.29, 1.82) is 0 Å². The third-order valence-corrected chi connectivity index (χ3v) is 5.06. The minimum atomic E-state index is 0.0859. The molecule has 2 saturated heterocycles. The highest BCUT2D eigenvalue weighted by atomic mass is 16.2. The molecule has 1 amide bonds. The molecule has 3 rings (SSSR count). The van der Waals surface area contributed by atoms with Crippen LogP contribution >= 0.6 is 0 Å².